The maximum absolute atomic E-state index is 12.3. The molecule has 0 saturated carbocycles. The molecule has 6 heteroatoms. The zero-order valence-electron chi connectivity index (χ0n) is 13.8. The van der Waals surface area contributed by atoms with Gasteiger partial charge in [0.2, 0.25) is 0 Å². The molecule has 0 aliphatic carbocycles. The first-order chi connectivity index (χ1) is 12.6. The second-order valence-electron chi connectivity index (χ2n) is 5.58. The SMILES string of the molecule is NNC(=O)/C(=C\c1ccc2ccccc2c1O)NC(=O)c1ccccc1. The van der Waals surface area contributed by atoms with E-state index in [2.05, 4.69) is 5.32 Å². The molecule has 5 N–H and O–H groups in total. The van der Waals surface area contributed by atoms with Gasteiger partial charge in [-0.3, -0.25) is 15.0 Å². The molecule has 0 fully saturated rings. The van der Waals surface area contributed by atoms with Crippen LogP contribution in [-0.2, 0) is 4.79 Å². The maximum atomic E-state index is 12.3. The van der Waals surface area contributed by atoms with Crippen LogP contribution in [0.3, 0.4) is 0 Å². The third-order valence-corrected chi connectivity index (χ3v) is 3.89. The lowest BCUT2D eigenvalue weighted by Gasteiger charge is -2.10. The minimum Gasteiger partial charge on any atom is -0.507 e. The molecule has 0 aliphatic heterocycles. The summed E-state index contributed by atoms with van der Waals surface area (Å²) in [6.45, 7) is 0. The molecule has 0 aliphatic rings. The van der Waals surface area contributed by atoms with Crippen molar-refractivity contribution in [3.05, 3.63) is 83.6 Å². The van der Waals surface area contributed by atoms with Crippen molar-refractivity contribution in [2.24, 2.45) is 5.84 Å². The van der Waals surface area contributed by atoms with Gasteiger partial charge in [-0.25, -0.2) is 5.84 Å². The molecule has 0 bridgehead atoms. The second kappa shape index (κ2) is 7.50. The van der Waals surface area contributed by atoms with Gasteiger partial charge >= 0.3 is 0 Å². The average molecular weight is 347 g/mol. The maximum Gasteiger partial charge on any atom is 0.281 e. The van der Waals surface area contributed by atoms with E-state index in [1.807, 2.05) is 23.6 Å². The molecule has 3 rings (SSSR count). The largest absolute Gasteiger partial charge is 0.507 e. The Bertz CT molecular complexity index is 998. The minimum atomic E-state index is -0.679. The number of rotatable bonds is 4. The van der Waals surface area contributed by atoms with Crippen molar-refractivity contribution in [3.8, 4) is 5.75 Å². The third kappa shape index (κ3) is 3.55. The van der Waals surface area contributed by atoms with E-state index in [1.165, 1.54) is 6.08 Å². The van der Waals surface area contributed by atoms with Crippen LogP contribution in [0.25, 0.3) is 16.8 Å². The summed E-state index contributed by atoms with van der Waals surface area (Å²) in [5.41, 5.74) is 2.70. The van der Waals surface area contributed by atoms with Crippen LogP contribution in [0, 0.1) is 0 Å². The second-order valence-corrected chi connectivity index (χ2v) is 5.58. The van der Waals surface area contributed by atoms with Crippen molar-refractivity contribution >= 4 is 28.7 Å². The van der Waals surface area contributed by atoms with Gasteiger partial charge in [0.15, 0.2) is 0 Å². The lowest BCUT2D eigenvalue weighted by molar-refractivity contribution is -0.117. The van der Waals surface area contributed by atoms with Gasteiger partial charge in [0, 0.05) is 16.5 Å². The smallest absolute Gasteiger partial charge is 0.281 e. The monoisotopic (exact) mass is 347 g/mol. The summed E-state index contributed by atoms with van der Waals surface area (Å²) in [5, 5.41) is 14.5. The lowest BCUT2D eigenvalue weighted by Crippen LogP contribution is -2.38. The number of phenols is 1. The van der Waals surface area contributed by atoms with Crippen LogP contribution in [0.5, 0.6) is 5.75 Å². The lowest BCUT2D eigenvalue weighted by atomic mass is 10.0. The Morgan fingerprint density at radius 2 is 1.62 bits per heavy atom. The molecule has 3 aromatic carbocycles. The fourth-order valence-corrected chi connectivity index (χ4v) is 2.56. The number of amides is 2. The highest BCUT2D eigenvalue weighted by Gasteiger charge is 2.15. The molecule has 2 amide bonds. The fraction of sp³-hybridized carbons (Fsp3) is 0. The molecular formula is C20H17N3O3. The Balaban J connectivity index is 1.99. The topological polar surface area (TPSA) is 104 Å². The van der Waals surface area contributed by atoms with E-state index in [1.54, 1.807) is 48.5 Å². The minimum absolute atomic E-state index is 0.0133. The van der Waals surface area contributed by atoms with E-state index in [4.69, 9.17) is 5.84 Å². The summed E-state index contributed by atoms with van der Waals surface area (Å²) in [4.78, 5) is 24.4. The van der Waals surface area contributed by atoms with E-state index in [9.17, 15) is 14.7 Å². The van der Waals surface area contributed by atoms with Gasteiger partial charge in [-0.2, -0.15) is 0 Å². The first kappa shape index (κ1) is 17.2. The number of benzene rings is 3. The van der Waals surface area contributed by atoms with Crippen LogP contribution < -0.4 is 16.6 Å². The van der Waals surface area contributed by atoms with Crippen molar-refractivity contribution < 1.29 is 14.7 Å². The van der Waals surface area contributed by atoms with Crippen LogP contribution in [0.1, 0.15) is 15.9 Å². The van der Waals surface area contributed by atoms with Crippen molar-refractivity contribution in [1.82, 2.24) is 10.7 Å². The van der Waals surface area contributed by atoms with Crippen molar-refractivity contribution in [3.63, 3.8) is 0 Å². The van der Waals surface area contributed by atoms with E-state index >= 15 is 0 Å². The molecule has 130 valence electrons. The molecule has 6 nitrogen and oxygen atoms in total. The molecule has 0 unspecified atom stereocenters. The van der Waals surface area contributed by atoms with Crippen LogP contribution in [0.15, 0.2) is 72.4 Å². The van der Waals surface area contributed by atoms with E-state index in [-0.39, 0.29) is 11.4 Å². The summed E-state index contributed by atoms with van der Waals surface area (Å²) in [5.74, 6) is 4.09. The van der Waals surface area contributed by atoms with Gasteiger partial charge in [0.25, 0.3) is 11.8 Å². The van der Waals surface area contributed by atoms with Gasteiger partial charge in [0.1, 0.15) is 11.4 Å². The summed E-state index contributed by atoms with van der Waals surface area (Å²) in [7, 11) is 0. The molecular weight excluding hydrogens is 330 g/mol. The highest BCUT2D eigenvalue weighted by atomic mass is 16.3. The Hall–Kier alpha value is -3.64. The van der Waals surface area contributed by atoms with Crippen LogP contribution >= 0.6 is 0 Å². The highest BCUT2D eigenvalue weighted by molar-refractivity contribution is 6.05. The average Bonchev–Trinajstić information content (AvgIpc) is 2.69. The van der Waals surface area contributed by atoms with Crippen LogP contribution in [0.4, 0.5) is 0 Å². The predicted octanol–water partition coefficient (Wildman–Crippen LogP) is 2.31. The highest BCUT2D eigenvalue weighted by Crippen LogP contribution is 2.29. The normalized spacial score (nSPS) is 11.2. The summed E-state index contributed by atoms with van der Waals surface area (Å²) >= 11 is 0. The number of hydrazine groups is 1. The summed E-state index contributed by atoms with van der Waals surface area (Å²) in [6, 6.07) is 19.3. The van der Waals surface area contributed by atoms with Gasteiger partial charge in [-0.1, -0.05) is 54.6 Å². The molecule has 3 aromatic rings. The fourth-order valence-electron chi connectivity index (χ4n) is 2.56. The van der Waals surface area contributed by atoms with E-state index in [0.29, 0.717) is 16.5 Å². The Labute approximate surface area is 149 Å². The van der Waals surface area contributed by atoms with E-state index < -0.39 is 11.8 Å². The molecule has 0 radical (unpaired) electrons. The van der Waals surface area contributed by atoms with Gasteiger partial charge in [-0.05, 0) is 23.6 Å². The number of nitrogens with one attached hydrogen (secondary N) is 2. The first-order valence-electron chi connectivity index (χ1n) is 7.90. The number of aromatic hydroxyl groups is 1. The van der Waals surface area contributed by atoms with Crippen LogP contribution in [0.2, 0.25) is 0 Å². The van der Waals surface area contributed by atoms with Crippen LogP contribution in [-0.4, -0.2) is 16.9 Å². The summed E-state index contributed by atoms with van der Waals surface area (Å²) in [6.07, 6.45) is 1.38. The molecule has 0 saturated heterocycles. The molecule has 0 atom stereocenters. The Kier molecular flexibility index (Phi) is 4.96. The van der Waals surface area contributed by atoms with Gasteiger partial charge in [0.05, 0.1) is 0 Å². The van der Waals surface area contributed by atoms with E-state index in [0.717, 1.165) is 5.39 Å². The number of carbonyl (C=O) groups is 2. The number of nitrogens with two attached hydrogens (primary N) is 1. The number of fused-ring (bicyclic) bond motifs is 1. The zero-order chi connectivity index (χ0) is 18.5. The number of hydrogen-bond acceptors (Lipinski definition) is 4. The number of phenolic OH excluding ortho intramolecular Hbond substituents is 1. The third-order valence-electron chi connectivity index (χ3n) is 3.89. The quantitative estimate of drug-likeness (QED) is 0.252. The molecule has 0 aromatic heterocycles. The van der Waals surface area contributed by atoms with Crippen molar-refractivity contribution in [1.29, 1.82) is 0 Å². The predicted molar refractivity (Wildman–Crippen MR) is 99.8 cm³/mol. The van der Waals surface area contributed by atoms with Crippen molar-refractivity contribution in [2.45, 2.75) is 0 Å². The van der Waals surface area contributed by atoms with Gasteiger partial charge in [-0.15, -0.1) is 0 Å². The first-order valence-corrected chi connectivity index (χ1v) is 7.90. The van der Waals surface area contributed by atoms with Crippen molar-refractivity contribution in [2.75, 3.05) is 0 Å². The Morgan fingerprint density at radius 1 is 0.923 bits per heavy atom. The summed E-state index contributed by atoms with van der Waals surface area (Å²) < 4.78 is 0. The molecule has 0 spiro atoms. The Morgan fingerprint density at radius 3 is 2.35 bits per heavy atom. The zero-order valence-corrected chi connectivity index (χ0v) is 13.8. The number of carbonyl (C=O) groups excluding carboxylic acids is 2. The standard InChI is InChI=1S/C20H17N3O3/c21-23-20(26)17(22-19(25)14-7-2-1-3-8-14)12-15-11-10-13-6-4-5-9-16(13)18(15)24/h1-12,24H,21H2,(H,22,25)(H,23,26)/b17-12+. The molecule has 0 heterocycles. The number of hydrogen-bond donors (Lipinski definition) is 4. The van der Waals surface area contributed by atoms with Gasteiger partial charge < -0.3 is 10.4 Å². The molecule has 26 heavy (non-hydrogen) atoms.